The van der Waals surface area contributed by atoms with Gasteiger partial charge in [0.1, 0.15) is 17.1 Å². The zero-order valence-electron chi connectivity index (χ0n) is 13.9. The van der Waals surface area contributed by atoms with Gasteiger partial charge in [0.05, 0.1) is 18.1 Å². The molecule has 5 nitrogen and oxygen atoms in total. The minimum atomic E-state index is 0.406. The number of aryl methyl sites for hydroxylation is 1. The van der Waals surface area contributed by atoms with Crippen molar-refractivity contribution < 1.29 is 4.74 Å². The summed E-state index contributed by atoms with van der Waals surface area (Å²) in [7, 11) is 1.69. The fraction of sp³-hybridized carbons (Fsp3) is 0.444. The van der Waals surface area contributed by atoms with Gasteiger partial charge < -0.3 is 15.0 Å². The number of unbranched alkanes of at least 4 members (excludes halogenated alkanes) is 1. The Kier molecular flexibility index (Phi) is 3.18. The van der Waals surface area contributed by atoms with E-state index in [0.29, 0.717) is 11.7 Å². The van der Waals surface area contributed by atoms with Crippen LogP contribution in [-0.2, 0) is 13.0 Å². The number of nitrogens with zero attached hydrogens (tertiary/aromatic N) is 3. The highest BCUT2D eigenvalue weighted by Gasteiger charge is 2.26. The summed E-state index contributed by atoms with van der Waals surface area (Å²) < 4.78 is 7.80. The summed E-state index contributed by atoms with van der Waals surface area (Å²) in [5.41, 5.74) is 10.4. The summed E-state index contributed by atoms with van der Waals surface area (Å²) in [6.45, 7) is 5.40. The normalized spacial score (nSPS) is 16.6. The Bertz CT molecular complexity index is 913. The van der Waals surface area contributed by atoms with E-state index in [2.05, 4.69) is 29.5 Å². The molecule has 0 aliphatic carbocycles. The van der Waals surface area contributed by atoms with Crippen molar-refractivity contribution in [3.63, 3.8) is 0 Å². The van der Waals surface area contributed by atoms with E-state index in [-0.39, 0.29) is 0 Å². The largest absolute Gasteiger partial charge is 0.497 e. The molecule has 3 aromatic rings. The van der Waals surface area contributed by atoms with Gasteiger partial charge in [0.25, 0.3) is 0 Å². The third-order valence-corrected chi connectivity index (χ3v) is 4.87. The first-order valence-electron chi connectivity index (χ1n) is 8.30. The smallest absolute Gasteiger partial charge is 0.152 e. The van der Waals surface area contributed by atoms with Gasteiger partial charge in [-0.15, -0.1) is 0 Å². The van der Waals surface area contributed by atoms with Gasteiger partial charge in [-0.25, -0.2) is 9.97 Å². The first kappa shape index (κ1) is 14.3. The van der Waals surface area contributed by atoms with Crippen LogP contribution < -0.4 is 10.5 Å². The van der Waals surface area contributed by atoms with Crippen molar-refractivity contribution in [2.24, 2.45) is 0 Å². The van der Waals surface area contributed by atoms with Gasteiger partial charge >= 0.3 is 0 Å². The zero-order chi connectivity index (χ0) is 16.1. The van der Waals surface area contributed by atoms with Crippen LogP contribution in [0.15, 0.2) is 12.1 Å². The molecule has 23 heavy (non-hydrogen) atoms. The lowest BCUT2D eigenvalue weighted by molar-refractivity contribution is 0.414. The zero-order valence-corrected chi connectivity index (χ0v) is 13.9. The topological polar surface area (TPSA) is 66.0 Å². The Morgan fingerprint density at radius 3 is 2.91 bits per heavy atom. The second kappa shape index (κ2) is 5.11. The Morgan fingerprint density at radius 2 is 2.17 bits per heavy atom. The van der Waals surface area contributed by atoms with E-state index in [9.17, 15) is 0 Å². The molecule has 0 saturated carbocycles. The van der Waals surface area contributed by atoms with Crippen LogP contribution in [0.1, 0.15) is 44.0 Å². The van der Waals surface area contributed by atoms with Crippen LogP contribution in [0.4, 0.5) is 5.82 Å². The van der Waals surface area contributed by atoms with Gasteiger partial charge in [-0.1, -0.05) is 20.3 Å². The predicted molar refractivity (Wildman–Crippen MR) is 93.0 cm³/mol. The molecule has 0 bridgehead atoms. The molecule has 0 saturated heterocycles. The van der Waals surface area contributed by atoms with Crippen molar-refractivity contribution in [1.29, 1.82) is 0 Å². The van der Waals surface area contributed by atoms with E-state index in [4.69, 9.17) is 15.5 Å². The minimum absolute atomic E-state index is 0.406. The minimum Gasteiger partial charge on any atom is -0.497 e. The number of methoxy groups -OCH3 is 1. The number of aromatic nitrogens is 3. The summed E-state index contributed by atoms with van der Waals surface area (Å²) in [4.78, 5) is 9.42. The van der Waals surface area contributed by atoms with Gasteiger partial charge in [0.15, 0.2) is 5.82 Å². The number of nitrogens with two attached hydrogens (primary N) is 1. The third kappa shape index (κ3) is 1.99. The lowest BCUT2D eigenvalue weighted by Crippen LogP contribution is -2.15. The number of imidazole rings is 1. The molecule has 0 fully saturated rings. The molecule has 1 unspecified atom stereocenters. The summed E-state index contributed by atoms with van der Waals surface area (Å²) in [5.74, 6) is 2.89. The van der Waals surface area contributed by atoms with Gasteiger partial charge in [-0.05, 0) is 24.0 Å². The van der Waals surface area contributed by atoms with Gasteiger partial charge in [0, 0.05) is 24.4 Å². The van der Waals surface area contributed by atoms with Crippen LogP contribution in [0.2, 0.25) is 0 Å². The number of nitrogen functional groups attached to an aromatic ring is 1. The molecule has 0 amide bonds. The molecule has 120 valence electrons. The standard InChI is InChI=1S/C18H22N4O/c1-4-5-6-14-21-16-17-15-12(10(2)9-22(14)17)7-11(23-3)8-13(15)20-18(16)19/h7-8,10H,4-6,9H2,1-3H3,(H2,19,20). The van der Waals surface area contributed by atoms with Gasteiger partial charge in [0.2, 0.25) is 0 Å². The molecule has 4 rings (SSSR count). The Labute approximate surface area is 135 Å². The monoisotopic (exact) mass is 310 g/mol. The van der Waals surface area contributed by atoms with Crippen LogP contribution >= 0.6 is 0 Å². The Hall–Kier alpha value is -2.30. The van der Waals surface area contributed by atoms with Crippen LogP contribution in [0.5, 0.6) is 5.75 Å². The summed E-state index contributed by atoms with van der Waals surface area (Å²) >= 11 is 0. The van der Waals surface area contributed by atoms with E-state index >= 15 is 0 Å². The van der Waals surface area contributed by atoms with Crippen molar-refractivity contribution in [2.45, 2.75) is 45.6 Å². The van der Waals surface area contributed by atoms with Crippen molar-refractivity contribution in [3.05, 3.63) is 23.5 Å². The fourth-order valence-corrected chi connectivity index (χ4v) is 3.68. The number of ether oxygens (including phenoxy) is 1. The molecule has 1 aliphatic heterocycles. The maximum Gasteiger partial charge on any atom is 0.152 e. The molecule has 3 heterocycles. The molecular formula is C18H22N4O. The molecule has 0 spiro atoms. The van der Waals surface area contributed by atoms with Crippen molar-refractivity contribution in [2.75, 3.05) is 12.8 Å². The lowest BCUT2D eigenvalue weighted by atomic mass is 9.92. The second-order valence-electron chi connectivity index (χ2n) is 6.45. The van der Waals surface area contributed by atoms with E-state index in [0.717, 1.165) is 53.9 Å². The maximum absolute atomic E-state index is 6.21. The molecule has 2 N–H and O–H groups in total. The average Bonchev–Trinajstić information content (AvgIpc) is 2.91. The lowest BCUT2D eigenvalue weighted by Gasteiger charge is -2.24. The van der Waals surface area contributed by atoms with E-state index in [1.165, 1.54) is 10.9 Å². The number of hydrogen-bond donors (Lipinski definition) is 1. The number of hydrogen-bond acceptors (Lipinski definition) is 4. The highest BCUT2D eigenvalue weighted by Crippen LogP contribution is 2.41. The first-order chi connectivity index (χ1) is 11.1. The van der Waals surface area contributed by atoms with E-state index in [1.807, 2.05) is 6.07 Å². The molecule has 1 aromatic carbocycles. The highest BCUT2D eigenvalue weighted by molar-refractivity contribution is 6.09. The Balaban J connectivity index is 2.10. The van der Waals surface area contributed by atoms with Gasteiger partial charge in [-0.3, -0.25) is 0 Å². The summed E-state index contributed by atoms with van der Waals surface area (Å²) in [6, 6.07) is 4.10. The number of pyridine rings is 1. The molecule has 1 atom stereocenters. The Morgan fingerprint density at radius 1 is 1.35 bits per heavy atom. The molecule has 5 heteroatoms. The quantitative estimate of drug-likeness (QED) is 0.799. The molecule has 0 radical (unpaired) electrons. The van der Waals surface area contributed by atoms with Crippen LogP contribution in [0.25, 0.3) is 21.9 Å². The summed E-state index contributed by atoms with van der Waals surface area (Å²) in [6.07, 6.45) is 3.30. The first-order valence-corrected chi connectivity index (χ1v) is 8.30. The van der Waals surface area contributed by atoms with E-state index in [1.54, 1.807) is 7.11 Å². The molecular weight excluding hydrogens is 288 g/mol. The fourth-order valence-electron chi connectivity index (χ4n) is 3.68. The summed E-state index contributed by atoms with van der Waals surface area (Å²) in [5, 5.41) is 1.18. The van der Waals surface area contributed by atoms with Crippen LogP contribution in [0.3, 0.4) is 0 Å². The second-order valence-corrected chi connectivity index (χ2v) is 6.45. The SMILES string of the molecule is CCCCc1nc2c(N)nc3cc(OC)cc4c3c2n1CC4C. The van der Waals surface area contributed by atoms with Crippen molar-refractivity contribution in [1.82, 2.24) is 14.5 Å². The number of benzene rings is 1. The van der Waals surface area contributed by atoms with Crippen LogP contribution in [0, 0.1) is 0 Å². The van der Waals surface area contributed by atoms with E-state index < -0.39 is 0 Å². The van der Waals surface area contributed by atoms with Crippen molar-refractivity contribution >= 4 is 27.8 Å². The van der Waals surface area contributed by atoms with Gasteiger partial charge in [-0.2, -0.15) is 0 Å². The number of rotatable bonds is 4. The van der Waals surface area contributed by atoms with Crippen molar-refractivity contribution in [3.8, 4) is 5.75 Å². The number of anilines is 1. The molecule has 1 aliphatic rings. The third-order valence-electron chi connectivity index (χ3n) is 4.87. The van der Waals surface area contributed by atoms with Crippen LogP contribution in [-0.4, -0.2) is 21.6 Å². The highest BCUT2D eigenvalue weighted by atomic mass is 16.5. The molecule has 2 aromatic heterocycles. The predicted octanol–water partition coefficient (Wildman–Crippen LogP) is 3.64. The average molecular weight is 310 g/mol. The maximum atomic E-state index is 6.21.